The van der Waals surface area contributed by atoms with Crippen molar-refractivity contribution < 1.29 is 29.0 Å². The Morgan fingerprint density at radius 2 is 1.91 bits per heavy atom. The van der Waals surface area contributed by atoms with Crippen molar-refractivity contribution in [2.75, 3.05) is 31.1 Å². The number of Topliss-reactive ketones (excluding diaryl/α,β-unsaturated/α-hetero) is 1. The standard InChI is InChI=1S/C32H40BrN5O6/c1-7-16-43-32(6)12-14-37(15-13-32)29-26(27(30(41)42)44-31(3,4)5)20(2)35-25-18-24(36-38(25)29)28(40)34-19-22(39)17-21-10-8-9-11-23(21)33/h7-11,18,27H,1,12-17,19H2,2-6H3,(H,34,40)(H,41,42). The number of anilines is 1. The van der Waals surface area contributed by atoms with Crippen molar-refractivity contribution in [2.24, 2.45) is 0 Å². The molecule has 1 aliphatic heterocycles. The number of carboxylic acid groups (broad SMARTS) is 1. The molecule has 3 heterocycles. The van der Waals surface area contributed by atoms with Gasteiger partial charge in [0.15, 0.2) is 23.2 Å². The molecule has 1 atom stereocenters. The summed E-state index contributed by atoms with van der Waals surface area (Å²) < 4.78 is 14.4. The number of carbonyl (C=O) groups excluding carboxylic acids is 2. The number of carbonyl (C=O) groups is 3. The van der Waals surface area contributed by atoms with Gasteiger partial charge in [0.2, 0.25) is 0 Å². The van der Waals surface area contributed by atoms with Gasteiger partial charge in [-0.25, -0.2) is 9.78 Å². The number of amides is 1. The van der Waals surface area contributed by atoms with Crippen LogP contribution >= 0.6 is 15.9 Å². The van der Waals surface area contributed by atoms with Gasteiger partial charge in [-0.3, -0.25) is 9.59 Å². The molecule has 44 heavy (non-hydrogen) atoms. The van der Waals surface area contributed by atoms with Crippen molar-refractivity contribution in [1.82, 2.24) is 19.9 Å². The van der Waals surface area contributed by atoms with E-state index < -0.39 is 23.6 Å². The molecule has 1 aromatic carbocycles. The van der Waals surface area contributed by atoms with Crippen LogP contribution in [0.4, 0.5) is 5.82 Å². The van der Waals surface area contributed by atoms with Crippen molar-refractivity contribution in [3.05, 3.63) is 70.0 Å². The highest BCUT2D eigenvalue weighted by molar-refractivity contribution is 9.10. The maximum absolute atomic E-state index is 13.2. The van der Waals surface area contributed by atoms with Crippen molar-refractivity contribution >= 4 is 45.1 Å². The van der Waals surface area contributed by atoms with Crippen LogP contribution in [0.15, 0.2) is 47.5 Å². The van der Waals surface area contributed by atoms with E-state index in [1.165, 1.54) is 10.6 Å². The fraction of sp³-hybridized carbons (Fsp3) is 0.469. The molecule has 2 aromatic heterocycles. The minimum absolute atomic E-state index is 0.0590. The first-order valence-corrected chi connectivity index (χ1v) is 15.3. The highest BCUT2D eigenvalue weighted by Gasteiger charge is 2.38. The zero-order valence-electron chi connectivity index (χ0n) is 25.9. The second kappa shape index (κ2) is 13.6. The summed E-state index contributed by atoms with van der Waals surface area (Å²) in [6.07, 6.45) is 1.90. The number of ketones is 1. The minimum atomic E-state index is -1.33. The van der Waals surface area contributed by atoms with Gasteiger partial charge in [-0.2, -0.15) is 9.61 Å². The Morgan fingerprint density at radius 1 is 1.23 bits per heavy atom. The van der Waals surface area contributed by atoms with Gasteiger partial charge in [-0.1, -0.05) is 40.2 Å². The molecule has 4 rings (SSSR count). The number of aliphatic carboxylic acids is 1. The van der Waals surface area contributed by atoms with E-state index in [0.29, 0.717) is 55.3 Å². The SMILES string of the molecule is C=CCOC1(C)CCN(c2c(C(OC(C)(C)C)C(=O)O)c(C)nc3cc(C(=O)NCC(=O)Cc4ccccc4Br)nn23)CC1. The average Bonchev–Trinajstić information content (AvgIpc) is 3.38. The lowest BCUT2D eigenvalue weighted by Gasteiger charge is -2.41. The third-order valence-corrected chi connectivity index (χ3v) is 8.23. The van der Waals surface area contributed by atoms with Crippen molar-refractivity contribution in [3.8, 4) is 0 Å². The molecular formula is C32H40BrN5O6. The lowest BCUT2D eigenvalue weighted by Crippen LogP contribution is -2.45. The summed E-state index contributed by atoms with van der Waals surface area (Å²) in [7, 11) is 0. The van der Waals surface area contributed by atoms with Crippen LogP contribution in [0, 0.1) is 6.92 Å². The molecule has 1 unspecified atom stereocenters. The molecule has 1 aliphatic rings. The monoisotopic (exact) mass is 669 g/mol. The summed E-state index contributed by atoms with van der Waals surface area (Å²) in [6.45, 7) is 14.3. The molecule has 12 heteroatoms. The van der Waals surface area contributed by atoms with E-state index in [9.17, 15) is 19.5 Å². The van der Waals surface area contributed by atoms with Gasteiger partial charge in [-0.05, 0) is 59.1 Å². The molecule has 1 amide bonds. The van der Waals surface area contributed by atoms with Crippen LogP contribution in [0.5, 0.6) is 0 Å². The van der Waals surface area contributed by atoms with E-state index in [-0.39, 0.29) is 30.0 Å². The maximum atomic E-state index is 13.2. The summed E-state index contributed by atoms with van der Waals surface area (Å²) in [4.78, 5) is 45.1. The van der Waals surface area contributed by atoms with E-state index in [0.717, 1.165) is 10.0 Å². The maximum Gasteiger partial charge on any atom is 0.337 e. The number of ether oxygens (including phenoxy) is 2. The number of nitrogens with zero attached hydrogens (tertiary/aromatic N) is 4. The molecule has 11 nitrogen and oxygen atoms in total. The largest absolute Gasteiger partial charge is 0.479 e. The number of halogens is 1. The van der Waals surface area contributed by atoms with Gasteiger partial charge in [-0.15, -0.1) is 6.58 Å². The first-order chi connectivity index (χ1) is 20.7. The fourth-order valence-electron chi connectivity index (χ4n) is 5.21. The summed E-state index contributed by atoms with van der Waals surface area (Å²) in [6, 6.07) is 8.96. The van der Waals surface area contributed by atoms with Crippen molar-refractivity contribution in [1.29, 1.82) is 0 Å². The molecule has 1 saturated heterocycles. The predicted octanol–water partition coefficient (Wildman–Crippen LogP) is 4.84. The number of hydrogen-bond donors (Lipinski definition) is 2. The van der Waals surface area contributed by atoms with Crippen LogP contribution in [0.3, 0.4) is 0 Å². The summed E-state index contributed by atoms with van der Waals surface area (Å²) >= 11 is 3.44. The number of piperidine rings is 1. The summed E-state index contributed by atoms with van der Waals surface area (Å²) in [5, 5.41) is 17.5. The zero-order chi connectivity index (χ0) is 32.2. The third kappa shape index (κ3) is 7.91. The van der Waals surface area contributed by atoms with Crippen LogP contribution in [0.1, 0.15) is 73.9 Å². The number of aromatic nitrogens is 3. The molecule has 3 aromatic rings. The van der Waals surface area contributed by atoms with E-state index in [1.807, 2.05) is 29.2 Å². The smallest absolute Gasteiger partial charge is 0.337 e. The van der Waals surface area contributed by atoms with Gasteiger partial charge in [0.1, 0.15) is 5.82 Å². The van der Waals surface area contributed by atoms with Gasteiger partial charge in [0, 0.05) is 35.7 Å². The highest BCUT2D eigenvalue weighted by Crippen LogP contribution is 2.37. The number of hydrogen-bond acceptors (Lipinski definition) is 8. The van der Waals surface area contributed by atoms with E-state index in [1.54, 1.807) is 33.8 Å². The second-order valence-electron chi connectivity index (χ2n) is 12.2. The van der Waals surface area contributed by atoms with E-state index >= 15 is 0 Å². The Bertz CT molecular complexity index is 1550. The number of fused-ring (bicyclic) bond motifs is 1. The van der Waals surface area contributed by atoms with E-state index in [2.05, 4.69) is 44.8 Å². The minimum Gasteiger partial charge on any atom is -0.479 e. The normalized spacial score (nSPS) is 15.6. The Labute approximate surface area is 265 Å². The van der Waals surface area contributed by atoms with Crippen molar-refractivity contribution in [3.63, 3.8) is 0 Å². The van der Waals surface area contributed by atoms with Crippen LogP contribution < -0.4 is 10.2 Å². The van der Waals surface area contributed by atoms with Gasteiger partial charge in [0.05, 0.1) is 29.9 Å². The zero-order valence-corrected chi connectivity index (χ0v) is 27.4. The van der Waals surface area contributed by atoms with Crippen LogP contribution in [0.2, 0.25) is 0 Å². The van der Waals surface area contributed by atoms with Gasteiger partial charge < -0.3 is 24.8 Å². The van der Waals surface area contributed by atoms with Crippen LogP contribution in [-0.4, -0.2) is 74.8 Å². The first kappa shape index (κ1) is 33.3. The molecule has 1 fully saturated rings. The number of nitrogens with one attached hydrogen (secondary N) is 1. The average molecular weight is 671 g/mol. The molecule has 0 saturated carbocycles. The quantitative estimate of drug-likeness (QED) is 0.260. The number of benzene rings is 1. The Balaban J connectivity index is 1.68. The molecule has 2 N–H and O–H groups in total. The first-order valence-electron chi connectivity index (χ1n) is 14.6. The van der Waals surface area contributed by atoms with Gasteiger partial charge in [0.25, 0.3) is 5.91 Å². The molecular weight excluding hydrogens is 630 g/mol. The molecule has 236 valence electrons. The van der Waals surface area contributed by atoms with Crippen LogP contribution in [-0.2, 0) is 25.5 Å². The number of carboxylic acids is 1. The molecule has 0 spiro atoms. The number of rotatable bonds is 12. The third-order valence-electron chi connectivity index (χ3n) is 7.46. The molecule has 0 radical (unpaired) electrons. The van der Waals surface area contributed by atoms with E-state index in [4.69, 9.17) is 9.47 Å². The van der Waals surface area contributed by atoms with Gasteiger partial charge >= 0.3 is 5.97 Å². The molecule has 0 aliphatic carbocycles. The number of aryl methyl sites for hydroxylation is 1. The fourth-order valence-corrected chi connectivity index (χ4v) is 5.63. The molecule has 0 bridgehead atoms. The lowest BCUT2D eigenvalue weighted by molar-refractivity contribution is -0.160. The topological polar surface area (TPSA) is 135 Å². The van der Waals surface area contributed by atoms with Crippen molar-refractivity contribution in [2.45, 2.75) is 71.2 Å². The predicted molar refractivity (Wildman–Crippen MR) is 170 cm³/mol. The highest BCUT2D eigenvalue weighted by atomic mass is 79.9. The Hall–Kier alpha value is -3.61. The second-order valence-corrected chi connectivity index (χ2v) is 13.1. The summed E-state index contributed by atoms with van der Waals surface area (Å²) in [5.41, 5.74) is 0.958. The summed E-state index contributed by atoms with van der Waals surface area (Å²) in [5.74, 6) is -1.36. The lowest BCUT2D eigenvalue weighted by atomic mass is 9.92. The Kier molecular flexibility index (Phi) is 10.3. The Morgan fingerprint density at radius 3 is 2.52 bits per heavy atom. The van der Waals surface area contributed by atoms with Crippen LogP contribution in [0.25, 0.3) is 5.65 Å².